The van der Waals surface area contributed by atoms with Crippen LogP contribution < -0.4 is 0 Å². The largest absolute Gasteiger partial charge is 0.300 e. The minimum atomic E-state index is 0.226. The number of hydrogen-bond acceptors (Lipinski definition) is 1. The lowest BCUT2D eigenvalue weighted by Gasteiger charge is -2.00. The average molecular weight is 239 g/mol. The molecule has 2 rings (SSSR count). The predicted octanol–water partition coefficient (Wildman–Crippen LogP) is 2.75. The Kier molecular flexibility index (Phi) is 2.24. The maximum atomic E-state index is 11.2. The number of benzene rings is 1. The zero-order valence-electron chi connectivity index (χ0n) is 7.51. The van der Waals surface area contributed by atoms with Gasteiger partial charge in [0.15, 0.2) is 0 Å². The summed E-state index contributed by atoms with van der Waals surface area (Å²) >= 11 is 3.44. The molecule has 0 aliphatic heterocycles. The van der Waals surface area contributed by atoms with Gasteiger partial charge in [0, 0.05) is 10.4 Å². The van der Waals surface area contributed by atoms with E-state index in [1.807, 2.05) is 6.07 Å². The summed E-state index contributed by atoms with van der Waals surface area (Å²) in [6, 6.07) is 6.28. The van der Waals surface area contributed by atoms with E-state index in [1.54, 1.807) is 6.92 Å². The molecule has 1 atom stereocenters. The molecule has 1 nitrogen and oxygen atoms in total. The van der Waals surface area contributed by atoms with Crippen molar-refractivity contribution in [1.29, 1.82) is 0 Å². The second-order valence-electron chi connectivity index (χ2n) is 3.63. The molecular weight excluding hydrogens is 228 g/mol. The van der Waals surface area contributed by atoms with Gasteiger partial charge in [0.25, 0.3) is 0 Å². The first-order valence-corrected chi connectivity index (χ1v) is 5.24. The van der Waals surface area contributed by atoms with Gasteiger partial charge in [-0.3, -0.25) is 4.79 Å². The van der Waals surface area contributed by atoms with Crippen LogP contribution in [0.4, 0.5) is 0 Å². The number of fused-ring (bicyclic) bond motifs is 1. The van der Waals surface area contributed by atoms with E-state index < -0.39 is 0 Å². The number of hydrogen-bond donors (Lipinski definition) is 0. The van der Waals surface area contributed by atoms with Crippen LogP contribution in [0.1, 0.15) is 18.1 Å². The van der Waals surface area contributed by atoms with Gasteiger partial charge in [0.1, 0.15) is 5.78 Å². The number of rotatable bonds is 1. The van der Waals surface area contributed by atoms with Crippen molar-refractivity contribution in [3.63, 3.8) is 0 Å². The zero-order valence-corrected chi connectivity index (χ0v) is 9.10. The van der Waals surface area contributed by atoms with Crippen molar-refractivity contribution in [2.24, 2.45) is 5.92 Å². The van der Waals surface area contributed by atoms with Gasteiger partial charge >= 0.3 is 0 Å². The number of carbonyl (C=O) groups is 1. The fraction of sp³-hybridized carbons (Fsp3) is 0.364. The van der Waals surface area contributed by atoms with Crippen LogP contribution in [0.15, 0.2) is 22.7 Å². The molecule has 0 saturated carbocycles. The Hall–Kier alpha value is -0.630. The third-order valence-electron chi connectivity index (χ3n) is 2.68. The van der Waals surface area contributed by atoms with Crippen molar-refractivity contribution < 1.29 is 4.79 Å². The summed E-state index contributed by atoms with van der Waals surface area (Å²) < 4.78 is 1.11. The molecule has 0 saturated heterocycles. The van der Waals surface area contributed by atoms with E-state index in [2.05, 4.69) is 28.1 Å². The van der Waals surface area contributed by atoms with E-state index in [0.29, 0.717) is 5.78 Å². The Labute approximate surface area is 86.3 Å². The quantitative estimate of drug-likeness (QED) is 0.736. The van der Waals surface area contributed by atoms with Crippen LogP contribution in [0, 0.1) is 5.92 Å². The molecule has 0 radical (unpaired) electrons. The molecule has 1 aliphatic carbocycles. The van der Waals surface area contributed by atoms with Crippen molar-refractivity contribution in [2.75, 3.05) is 0 Å². The normalized spacial score (nSPS) is 20.0. The van der Waals surface area contributed by atoms with Crippen LogP contribution in [-0.4, -0.2) is 5.78 Å². The Morgan fingerprint density at radius 3 is 2.77 bits per heavy atom. The van der Waals surface area contributed by atoms with Gasteiger partial charge in [-0.05, 0) is 43.0 Å². The van der Waals surface area contributed by atoms with Gasteiger partial charge in [-0.1, -0.05) is 22.0 Å². The van der Waals surface area contributed by atoms with E-state index in [1.165, 1.54) is 11.1 Å². The molecule has 2 heteroatoms. The fourth-order valence-corrected chi connectivity index (χ4v) is 2.28. The molecule has 13 heavy (non-hydrogen) atoms. The molecule has 0 amide bonds. The van der Waals surface area contributed by atoms with Crippen molar-refractivity contribution >= 4 is 21.7 Å². The lowest BCUT2D eigenvalue weighted by molar-refractivity contribution is -0.120. The second-order valence-corrected chi connectivity index (χ2v) is 4.54. The van der Waals surface area contributed by atoms with Crippen molar-refractivity contribution in [3.8, 4) is 0 Å². The summed E-state index contributed by atoms with van der Waals surface area (Å²) in [6.07, 6.45) is 1.85. The third-order valence-corrected chi connectivity index (χ3v) is 3.17. The highest BCUT2D eigenvalue weighted by molar-refractivity contribution is 9.10. The van der Waals surface area contributed by atoms with Crippen LogP contribution in [0.25, 0.3) is 0 Å². The first-order chi connectivity index (χ1) is 6.16. The molecule has 1 aromatic rings. The van der Waals surface area contributed by atoms with E-state index in [4.69, 9.17) is 0 Å². The molecule has 0 N–H and O–H groups in total. The van der Waals surface area contributed by atoms with Crippen LogP contribution in [0.2, 0.25) is 0 Å². The van der Waals surface area contributed by atoms with Gasteiger partial charge in [-0.25, -0.2) is 0 Å². The first kappa shape index (κ1) is 8.95. The summed E-state index contributed by atoms with van der Waals surface area (Å²) in [4.78, 5) is 11.2. The summed E-state index contributed by atoms with van der Waals surface area (Å²) in [7, 11) is 0. The van der Waals surface area contributed by atoms with E-state index >= 15 is 0 Å². The lowest BCUT2D eigenvalue weighted by Crippen LogP contribution is -2.09. The van der Waals surface area contributed by atoms with Gasteiger partial charge in [0.2, 0.25) is 0 Å². The van der Waals surface area contributed by atoms with Crippen molar-refractivity contribution in [3.05, 3.63) is 33.8 Å². The molecule has 1 aromatic carbocycles. The topological polar surface area (TPSA) is 17.1 Å². The maximum Gasteiger partial charge on any atom is 0.133 e. The minimum Gasteiger partial charge on any atom is -0.300 e. The molecule has 0 aromatic heterocycles. The lowest BCUT2D eigenvalue weighted by atomic mass is 10.0. The van der Waals surface area contributed by atoms with Crippen molar-refractivity contribution in [1.82, 2.24) is 0 Å². The Bertz CT molecular complexity index is 357. The van der Waals surface area contributed by atoms with Gasteiger partial charge < -0.3 is 0 Å². The van der Waals surface area contributed by atoms with Crippen LogP contribution in [0.3, 0.4) is 0 Å². The van der Waals surface area contributed by atoms with E-state index in [0.717, 1.165) is 17.3 Å². The molecule has 1 unspecified atom stereocenters. The maximum absolute atomic E-state index is 11.2. The summed E-state index contributed by atoms with van der Waals surface area (Å²) in [5, 5.41) is 0. The van der Waals surface area contributed by atoms with Gasteiger partial charge in [-0.2, -0.15) is 0 Å². The molecule has 1 aliphatic rings. The molecule has 0 bridgehead atoms. The Morgan fingerprint density at radius 1 is 1.38 bits per heavy atom. The number of halogens is 1. The highest BCUT2D eigenvalue weighted by Gasteiger charge is 2.24. The number of Topliss-reactive ketones (excluding diaryl/α,β-unsaturated/α-hetero) is 1. The van der Waals surface area contributed by atoms with Crippen LogP contribution in [-0.2, 0) is 17.6 Å². The highest BCUT2D eigenvalue weighted by Crippen LogP contribution is 2.29. The summed E-state index contributed by atoms with van der Waals surface area (Å²) in [5.41, 5.74) is 2.66. The minimum absolute atomic E-state index is 0.226. The molecule has 0 spiro atoms. The predicted molar refractivity (Wildman–Crippen MR) is 55.7 cm³/mol. The van der Waals surface area contributed by atoms with E-state index in [9.17, 15) is 4.79 Å². The Balaban J connectivity index is 2.30. The number of carbonyl (C=O) groups excluding carboxylic acids is 1. The highest BCUT2D eigenvalue weighted by atomic mass is 79.9. The molecule has 68 valence electrons. The van der Waals surface area contributed by atoms with Gasteiger partial charge in [-0.15, -0.1) is 0 Å². The zero-order chi connectivity index (χ0) is 9.42. The van der Waals surface area contributed by atoms with Crippen LogP contribution >= 0.6 is 15.9 Å². The van der Waals surface area contributed by atoms with Crippen molar-refractivity contribution in [2.45, 2.75) is 19.8 Å². The third kappa shape index (κ3) is 1.68. The monoisotopic (exact) mass is 238 g/mol. The SMILES string of the molecule is CC(=O)C1Cc2ccc(Br)cc2C1. The molecule has 0 heterocycles. The fourth-order valence-electron chi connectivity index (χ4n) is 1.87. The summed E-state index contributed by atoms with van der Waals surface area (Å²) in [5.74, 6) is 0.539. The second kappa shape index (κ2) is 3.26. The van der Waals surface area contributed by atoms with Crippen LogP contribution in [0.5, 0.6) is 0 Å². The first-order valence-electron chi connectivity index (χ1n) is 4.44. The molecular formula is C11H11BrO. The molecule has 0 fully saturated rings. The Morgan fingerprint density at radius 2 is 2.08 bits per heavy atom. The average Bonchev–Trinajstić information content (AvgIpc) is 2.46. The van der Waals surface area contributed by atoms with E-state index in [-0.39, 0.29) is 5.92 Å². The van der Waals surface area contributed by atoms with Gasteiger partial charge in [0.05, 0.1) is 0 Å². The standard InChI is InChI=1S/C11H11BrO/c1-7(13)9-4-8-2-3-11(12)6-10(8)5-9/h2-3,6,9H,4-5H2,1H3. The number of ketones is 1. The summed E-state index contributed by atoms with van der Waals surface area (Å²) in [6.45, 7) is 1.69. The smallest absolute Gasteiger partial charge is 0.133 e.